The van der Waals surface area contributed by atoms with Crippen molar-refractivity contribution in [3.8, 4) is 0 Å². The molecule has 3 atom stereocenters. The number of benzene rings is 1. The molecule has 1 aromatic rings. The van der Waals surface area contributed by atoms with E-state index in [-0.39, 0.29) is 59.1 Å². The molecule has 3 nitrogen and oxygen atoms in total. The molecule has 3 unspecified atom stereocenters. The maximum atomic E-state index is 11.1. The van der Waals surface area contributed by atoms with E-state index in [1.807, 2.05) is 18.2 Å². The summed E-state index contributed by atoms with van der Waals surface area (Å²) in [6.45, 7) is 0. The molecular formula is C12H16Na2O3P2. The Balaban J connectivity index is 0.00000162. The molecule has 1 fully saturated rings. The van der Waals surface area contributed by atoms with E-state index in [0.717, 1.165) is 12.8 Å². The monoisotopic (exact) mass is 316 g/mol. The van der Waals surface area contributed by atoms with Crippen LogP contribution in [0.5, 0.6) is 0 Å². The van der Waals surface area contributed by atoms with Crippen LogP contribution in [0.4, 0.5) is 0 Å². The van der Waals surface area contributed by atoms with Gasteiger partial charge < -0.3 is 14.4 Å². The first-order chi connectivity index (χ1) is 8.05. The second kappa shape index (κ2) is 9.74. The zero-order chi connectivity index (χ0) is 12.3. The van der Waals surface area contributed by atoms with Crippen molar-refractivity contribution in [1.29, 1.82) is 0 Å². The van der Waals surface area contributed by atoms with E-state index in [1.54, 1.807) is 0 Å². The molecule has 1 aliphatic rings. The molecule has 7 heteroatoms. The average Bonchev–Trinajstić information content (AvgIpc) is 2.29. The Morgan fingerprint density at radius 1 is 1.11 bits per heavy atom. The molecular weight excluding hydrogens is 300 g/mol. The molecule has 1 saturated carbocycles. The summed E-state index contributed by atoms with van der Waals surface area (Å²) in [4.78, 5) is 22.1. The predicted molar refractivity (Wildman–Crippen MR) is 68.0 cm³/mol. The van der Waals surface area contributed by atoms with Crippen LogP contribution in [0.25, 0.3) is 0 Å². The Bertz CT molecular complexity index is 411. The van der Waals surface area contributed by atoms with Gasteiger partial charge in [0.2, 0.25) is 0 Å². The van der Waals surface area contributed by atoms with Gasteiger partial charge in [-0.1, -0.05) is 52.9 Å². The smallest absolute Gasteiger partial charge is 0.811 e. The van der Waals surface area contributed by atoms with Crippen LogP contribution in [0.15, 0.2) is 30.3 Å². The van der Waals surface area contributed by atoms with E-state index in [1.165, 1.54) is 5.30 Å². The minimum Gasteiger partial charge on any atom is -0.811 e. The van der Waals surface area contributed by atoms with Crippen LogP contribution >= 0.6 is 16.2 Å². The number of hydrogen-bond acceptors (Lipinski definition) is 3. The first-order valence-electron chi connectivity index (χ1n) is 5.89. The minimum atomic E-state index is -4.38. The van der Waals surface area contributed by atoms with Crippen LogP contribution in [0.3, 0.4) is 0 Å². The van der Waals surface area contributed by atoms with Gasteiger partial charge in [-0.05, 0) is 35.9 Å². The SMILES string of the molecule is O=P([O-])([O-])C1CCCC(Pc2ccccc2)C1.[Na+].[Na+]. The van der Waals surface area contributed by atoms with Crippen molar-refractivity contribution in [2.45, 2.75) is 37.0 Å². The summed E-state index contributed by atoms with van der Waals surface area (Å²) in [6, 6.07) is 10.1. The van der Waals surface area contributed by atoms with Gasteiger partial charge >= 0.3 is 59.1 Å². The van der Waals surface area contributed by atoms with Crippen LogP contribution in [0.1, 0.15) is 25.7 Å². The average molecular weight is 316 g/mol. The quantitative estimate of drug-likeness (QED) is 0.415. The Labute approximate surface area is 160 Å². The van der Waals surface area contributed by atoms with Crippen LogP contribution in [0, 0.1) is 0 Å². The summed E-state index contributed by atoms with van der Waals surface area (Å²) in [5.41, 5.74) is -0.259. The topological polar surface area (TPSA) is 63.2 Å². The number of rotatable bonds is 3. The summed E-state index contributed by atoms with van der Waals surface area (Å²) < 4.78 is 11.1. The van der Waals surface area contributed by atoms with Crippen LogP contribution in [0.2, 0.25) is 0 Å². The zero-order valence-electron chi connectivity index (χ0n) is 11.5. The van der Waals surface area contributed by atoms with E-state index in [0.29, 0.717) is 27.1 Å². The van der Waals surface area contributed by atoms with Crippen molar-refractivity contribution in [2.24, 2.45) is 0 Å². The zero-order valence-corrected chi connectivity index (χ0v) is 17.4. The van der Waals surface area contributed by atoms with Crippen LogP contribution in [-0.4, -0.2) is 11.3 Å². The molecule has 0 N–H and O–H groups in total. The standard InChI is InChI=1S/C12H18O3P2.2Na/c13-17(14,15)12-8-4-7-11(9-12)16-10-5-2-1-3-6-10;;/h1-3,5-6,11-12,16H,4,7-9H2,(H2,13,14,15);;/q;2*+1/p-2. The molecule has 1 aromatic carbocycles. The van der Waals surface area contributed by atoms with Gasteiger partial charge in [0.05, 0.1) is 0 Å². The third-order valence-corrected chi connectivity index (χ3v) is 6.20. The molecule has 19 heavy (non-hydrogen) atoms. The minimum absolute atomic E-state index is 0. The predicted octanol–water partition coefficient (Wildman–Crippen LogP) is -4.78. The van der Waals surface area contributed by atoms with E-state index in [4.69, 9.17) is 0 Å². The fraction of sp³-hybridized carbons (Fsp3) is 0.500. The fourth-order valence-electron chi connectivity index (χ4n) is 2.35. The third kappa shape index (κ3) is 7.06. The summed E-state index contributed by atoms with van der Waals surface area (Å²) in [5, 5.41) is 1.25. The van der Waals surface area contributed by atoms with Gasteiger partial charge in [0, 0.05) is 0 Å². The fourth-order valence-corrected chi connectivity index (χ4v) is 5.17. The first kappa shape index (κ1) is 20.8. The van der Waals surface area contributed by atoms with Crippen molar-refractivity contribution in [2.75, 3.05) is 0 Å². The second-order valence-electron chi connectivity index (χ2n) is 4.57. The van der Waals surface area contributed by atoms with Gasteiger partial charge in [-0.15, -0.1) is 0 Å². The van der Waals surface area contributed by atoms with Crippen LogP contribution < -0.4 is 74.2 Å². The molecule has 0 heterocycles. The van der Waals surface area contributed by atoms with Gasteiger partial charge in [0.1, 0.15) is 0 Å². The maximum Gasteiger partial charge on any atom is 1.00 e. The molecule has 94 valence electrons. The van der Waals surface area contributed by atoms with Gasteiger partial charge in [-0.25, -0.2) is 0 Å². The van der Waals surface area contributed by atoms with E-state index >= 15 is 0 Å². The van der Waals surface area contributed by atoms with E-state index < -0.39 is 13.3 Å². The first-order valence-corrected chi connectivity index (χ1v) is 8.58. The molecule has 0 aromatic heterocycles. The maximum absolute atomic E-state index is 11.1. The summed E-state index contributed by atoms with van der Waals surface area (Å²) in [7, 11) is -3.76. The van der Waals surface area contributed by atoms with Gasteiger partial charge in [0.15, 0.2) is 0 Å². The van der Waals surface area contributed by atoms with Crippen molar-refractivity contribution in [3.63, 3.8) is 0 Å². The molecule has 0 amide bonds. The summed E-state index contributed by atoms with van der Waals surface area (Å²) >= 11 is 0. The van der Waals surface area contributed by atoms with Crippen molar-refractivity contribution < 1.29 is 73.5 Å². The molecule has 0 bridgehead atoms. The van der Waals surface area contributed by atoms with E-state index in [9.17, 15) is 14.4 Å². The molecule has 0 radical (unpaired) electrons. The van der Waals surface area contributed by atoms with Gasteiger partial charge in [-0.2, -0.15) is 0 Å². The van der Waals surface area contributed by atoms with Gasteiger partial charge in [0.25, 0.3) is 0 Å². The van der Waals surface area contributed by atoms with Gasteiger partial charge in [-0.3, -0.25) is 0 Å². The Kier molecular flexibility index (Phi) is 10.7. The van der Waals surface area contributed by atoms with Crippen molar-refractivity contribution in [3.05, 3.63) is 30.3 Å². The van der Waals surface area contributed by atoms with Crippen molar-refractivity contribution >= 4 is 21.5 Å². The largest absolute Gasteiger partial charge is 1.00 e. The number of hydrogen-bond donors (Lipinski definition) is 0. The molecule has 0 spiro atoms. The molecule has 1 aliphatic carbocycles. The Hall–Kier alpha value is 1.80. The molecule has 0 aliphatic heterocycles. The second-order valence-corrected chi connectivity index (χ2v) is 8.06. The third-order valence-electron chi connectivity index (χ3n) is 3.24. The van der Waals surface area contributed by atoms with Crippen molar-refractivity contribution in [1.82, 2.24) is 0 Å². The summed E-state index contributed by atoms with van der Waals surface area (Å²) in [5.74, 6) is 0. The Morgan fingerprint density at radius 3 is 2.32 bits per heavy atom. The van der Waals surface area contributed by atoms with E-state index in [2.05, 4.69) is 12.1 Å². The summed E-state index contributed by atoms with van der Waals surface area (Å²) in [6.07, 6.45) is 3.02. The van der Waals surface area contributed by atoms with Crippen LogP contribution in [-0.2, 0) is 4.57 Å². The normalized spacial score (nSPS) is 23.7. The molecule has 0 saturated heterocycles. The molecule has 2 rings (SSSR count). The Morgan fingerprint density at radius 2 is 1.74 bits per heavy atom.